The average Bonchev–Trinajstić information content (AvgIpc) is 3.09. The molecule has 5 rings (SSSR count). The van der Waals surface area contributed by atoms with E-state index in [-0.39, 0.29) is 24.1 Å². The smallest absolute Gasteiger partial charge is 0.270 e. The molecule has 8 nitrogen and oxygen atoms in total. The largest absolute Gasteiger partial charge is 0.472 e. The lowest BCUT2D eigenvalue weighted by molar-refractivity contribution is 0.0957. The number of nitrogens with zero attached hydrogens (tertiary/aromatic N) is 3. The number of nitrogens with one attached hydrogen (secondary N) is 2. The van der Waals surface area contributed by atoms with E-state index in [4.69, 9.17) is 14.5 Å². The number of carbonyl (C=O) groups excluding carboxylic acids is 1. The molecule has 3 aliphatic rings. The van der Waals surface area contributed by atoms with E-state index in [9.17, 15) is 4.79 Å². The third-order valence-electron chi connectivity index (χ3n) is 6.69. The predicted molar refractivity (Wildman–Crippen MR) is 110 cm³/mol. The molecule has 0 aliphatic carbocycles. The molecule has 154 valence electrons. The average molecular weight is 397 g/mol. The molecule has 3 aliphatic heterocycles. The van der Waals surface area contributed by atoms with E-state index in [0.29, 0.717) is 30.3 Å². The second-order valence-corrected chi connectivity index (χ2v) is 8.23. The highest BCUT2D eigenvalue weighted by atomic mass is 16.5. The number of hydrogen-bond acceptors (Lipinski definition) is 7. The molecule has 2 aromatic heterocycles. The standard InChI is InChI=1S/C21H27N5O3/c1-10-12-7-8-23-21-16(12)19(25-17(10)20(27)22-3)26-15(9-28-4)13-5-6-14(24-13)18(26)11(2)29-21/h7-8,11,13-15,18,24H,5-6,9H2,1-4H3,(H,22,27). The Bertz CT molecular complexity index is 980. The van der Waals surface area contributed by atoms with Gasteiger partial charge in [-0.05, 0) is 43.7 Å². The van der Waals surface area contributed by atoms with Crippen LogP contribution in [0.25, 0.3) is 10.8 Å². The molecular weight excluding hydrogens is 370 g/mol. The summed E-state index contributed by atoms with van der Waals surface area (Å²) in [4.78, 5) is 24.4. The molecule has 2 bridgehead atoms. The van der Waals surface area contributed by atoms with Crippen molar-refractivity contribution < 1.29 is 14.3 Å². The number of ether oxygens (including phenoxy) is 2. The van der Waals surface area contributed by atoms with E-state index in [2.05, 4.69) is 27.4 Å². The lowest BCUT2D eigenvalue weighted by Gasteiger charge is -2.48. The SMILES string of the molecule is CNC(=O)c1nc2c3c(nccc3c1C)OC(C)C1C3CCC(N3)C(COC)N21. The summed E-state index contributed by atoms with van der Waals surface area (Å²) in [5.41, 5.74) is 1.28. The lowest BCUT2D eigenvalue weighted by atomic mass is 9.95. The van der Waals surface area contributed by atoms with Crippen LogP contribution in [0.15, 0.2) is 12.3 Å². The van der Waals surface area contributed by atoms with E-state index < -0.39 is 0 Å². The summed E-state index contributed by atoms with van der Waals surface area (Å²) in [7, 11) is 3.37. The maximum absolute atomic E-state index is 12.6. The van der Waals surface area contributed by atoms with Gasteiger partial charge in [-0.1, -0.05) is 0 Å². The summed E-state index contributed by atoms with van der Waals surface area (Å²) < 4.78 is 12.0. The number of hydrogen-bond donors (Lipinski definition) is 2. The minimum absolute atomic E-state index is 0.0815. The van der Waals surface area contributed by atoms with Crippen LogP contribution in [0.3, 0.4) is 0 Å². The van der Waals surface area contributed by atoms with Crippen LogP contribution in [0, 0.1) is 6.92 Å². The van der Waals surface area contributed by atoms with Crippen LogP contribution in [-0.4, -0.2) is 66.9 Å². The van der Waals surface area contributed by atoms with Crippen molar-refractivity contribution in [3.63, 3.8) is 0 Å². The van der Waals surface area contributed by atoms with Crippen molar-refractivity contribution in [3.05, 3.63) is 23.5 Å². The number of rotatable bonds is 3. The molecule has 0 saturated carbocycles. The van der Waals surface area contributed by atoms with Crippen molar-refractivity contribution >= 4 is 22.5 Å². The molecular formula is C21H27N5O3. The molecule has 5 heterocycles. The first-order valence-electron chi connectivity index (χ1n) is 10.3. The Morgan fingerprint density at radius 3 is 2.97 bits per heavy atom. The Morgan fingerprint density at radius 2 is 2.21 bits per heavy atom. The van der Waals surface area contributed by atoms with Gasteiger partial charge in [-0.2, -0.15) is 0 Å². The van der Waals surface area contributed by atoms with Gasteiger partial charge in [0.15, 0.2) is 0 Å². The van der Waals surface area contributed by atoms with Gasteiger partial charge >= 0.3 is 0 Å². The van der Waals surface area contributed by atoms with Crippen molar-refractivity contribution in [2.75, 3.05) is 25.7 Å². The second-order valence-electron chi connectivity index (χ2n) is 8.23. The molecule has 2 aromatic rings. The number of pyridine rings is 2. The zero-order valence-electron chi connectivity index (χ0n) is 17.2. The second kappa shape index (κ2) is 6.81. The first-order valence-corrected chi connectivity index (χ1v) is 10.3. The number of anilines is 1. The summed E-state index contributed by atoms with van der Waals surface area (Å²) in [6.07, 6.45) is 3.84. The van der Waals surface area contributed by atoms with E-state index in [1.165, 1.54) is 0 Å². The van der Waals surface area contributed by atoms with Gasteiger partial charge in [-0.3, -0.25) is 4.79 Å². The molecule has 29 heavy (non-hydrogen) atoms. The van der Waals surface area contributed by atoms with Gasteiger partial charge < -0.3 is 25.0 Å². The summed E-state index contributed by atoms with van der Waals surface area (Å²) in [6, 6.07) is 2.76. The maximum Gasteiger partial charge on any atom is 0.270 e. The molecule has 0 aromatic carbocycles. The monoisotopic (exact) mass is 397 g/mol. The Balaban J connectivity index is 1.81. The van der Waals surface area contributed by atoms with Gasteiger partial charge in [0.2, 0.25) is 5.88 Å². The highest BCUT2D eigenvalue weighted by Crippen LogP contribution is 2.44. The van der Waals surface area contributed by atoms with E-state index in [1.54, 1.807) is 20.4 Å². The third-order valence-corrected chi connectivity index (χ3v) is 6.69. The van der Waals surface area contributed by atoms with Gasteiger partial charge in [0.1, 0.15) is 17.6 Å². The summed E-state index contributed by atoms with van der Waals surface area (Å²) >= 11 is 0. The number of piperazine rings is 1. The number of aromatic nitrogens is 2. The van der Waals surface area contributed by atoms with Crippen molar-refractivity contribution in [3.8, 4) is 5.88 Å². The molecule has 2 N–H and O–H groups in total. The lowest BCUT2D eigenvalue weighted by Crippen LogP contribution is -2.68. The number of methoxy groups -OCH3 is 1. The highest BCUT2D eigenvalue weighted by molar-refractivity contribution is 6.05. The van der Waals surface area contributed by atoms with Gasteiger partial charge in [0.25, 0.3) is 5.91 Å². The van der Waals surface area contributed by atoms with Crippen LogP contribution in [0.5, 0.6) is 5.88 Å². The number of amides is 1. The quantitative estimate of drug-likeness (QED) is 0.809. The number of fused-ring (bicyclic) bond motifs is 5. The molecule has 5 atom stereocenters. The highest BCUT2D eigenvalue weighted by Gasteiger charge is 2.51. The molecule has 2 saturated heterocycles. The zero-order valence-corrected chi connectivity index (χ0v) is 17.2. The summed E-state index contributed by atoms with van der Waals surface area (Å²) in [6.45, 7) is 4.61. The molecule has 5 unspecified atom stereocenters. The van der Waals surface area contributed by atoms with Crippen molar-refractivity contribution in [2.45, 2.75) is 57.0 Å². The predicted octanol–water partition coefficient (Wildman–Crippen LogP) is 1.40. The fourth-order valence-corrected chi connectivity index (χ4v) is 5.41. The Hall–Kier alpha value is -2.45. The van der Waals surface area contributed by atoms with Gasteiger partial charge in [-0.15, -0.1) is 0 Å². The van der Waals surface area contributed by atoms with Gasteiger partial charge in [0.05, 0.1) is 24.1 Å². The van der Waals surface area contributed by atoms with E-state index >= 15 is 0 Å². The minimum atomic E-state index is -0.185. The fourth-order valence-electron chi connectivity index (χ4n) is 5.41. The van der Waals surface area contributed by atoms with Crippen LogP contribution < -0.4 is 20.3 Å². The molecule has 0 spiro atoms. The summed E-state index contributed by atoms with van der Waals surface area (Å²) in [5.74, 6) is 1.18. The normalized spacial score (nSPS) is 29.9. The summed E-state index contributed by atoms with van der Waals surface area (Å²) in [5, 5.41) is 8.34. The Labute approximate surface area is 170 Å². The molecule has 1 amide bonds. The fraction of sp³-hybridized carbons (Fsp3) is 0.571. The topological polar surface area (TPSA) is 88.6 Å². The Morgan fingerprint density at radius 1 is 1.41 bits per heavy atom. The van der Waals surface area contributed by atoms with Crippen LogP contribution in [0.4, 0.5) is 5.82 Å². The number of carbonyl (C=O) groups is 1. The van der Waals surface area contributed by atoms with Crippen molar-refractivity contribution in [1.82, 2.24) is 20.6 Å². The third kappa shape index (κ3) is 2.62. The van der Waals surface area contributed by atoms with Crippen LogP contribution in [0.1, 0.15) is 35.8 Å². The zero-order chi connectivity index (χ0) is 20.3. The maximum atomic E-state index is 12.6. The molecule has 8 heteroatoms. The first-order chi connectivity index (χ1) is 14.0. The Kier molecular flexibility index (Phi) is 4.36. The van der Waals surface area contributed by atoms with Gasteiger partial charge in [0, 0.05) is 32.4 Å². The minimum Gasteiger partial charge on any atom is -0.472 e. The van der Waals surface area contributed by atoms with Crippen LogP contribution >= 0.6 is 0 Å². The number of aryl methyl sites for hydroxylation is 1. The molecule has 0 radical (unpaired) electrons. The van der Waals surface area contributed by atoms with E-state index in [1.807, 2.05) is 13.0 Å². The van der Waals surface area contributed by atoms with Crippen LogP contribution in [0.2, 0.25) is 0 Å². The van der Waals surface area contributed by atoms with Crippen molar-refractivity contribution in [1.29, 1.82) is 0 Å². The molecule has 2 fully saturated rings. The van der Waals surface area contributed by atoms with E-state index in [0.717, 1.165) is 35.0 Å². The van der Waals surface area contributed by atoms with Crippen molar-refractivity contribution in [2.24, 2.45) is 0 Å². The first kappa shape index (κ1) is 18.6. The van der Waals surface area contributed by atoms with Gasteiger partial charge in [-0.25, -0.2) is 9.97 Å². The van der Waals surface area contributed by atoms with Crippen LogP contribution in [-0.2, 0) is 4.74 Å².